The monoisotopic (exact) mass is 521 g/mol. The van der Waals surface area contributed by atoms with Crippen molar-refractivity contribution < 1.29 is 9.13 Å². The first-order chi connectivity index (χ1) is 18.0. The highest BCUT2D eigenvalue weighted by atomic mass is 35.5. The molecule has 2 aromatic heterocycles. The van der Waals surface area contributed by atoms with Crippen molar-refractivity contribution in [1.29, 1.82) is 0 Å². The minimum atomic E-state index is -0.471. The van der Waals surface area contributed by atoms with Crippen molar-refractivity contribution in [3.63, 3.8) is 0 Å². The summed E-state index contributed by atoms with van der Waals surface area (Å²) in [5.74, 6) is 0.216. The molecule has 3 saturated heterocycles. The largest absolute Gasteiger partial charge is 0.462 e. The second-order valence-electron chi connectivity index (χ2n) is 10.5. The number of anilines is 1. The number of aromatic nitrogens is 4. The van der Waals surface area contributed by atoms with Crippen molar-refractivity contribution >= 4 is 39.2 Å². The first kappa shape index (κ1) is 23.1. The Hall–Kier alpha value is -3.01. The molecule has 0 aliphatic carbocycles. The quantitative estimate of drug-likeness (QED) is 0.403. The van der Waals surface area contributed by atoms with E-state index in [4.69, 9.17) is 21.3 Å². The molecular formula is C27H29ClFN7O. The molecule has 192 valence electrons. The average molecular weight is 522 g/mol. The summed E-state index contributed by atoms with van der Waals surface area (Å²) >= 11 is 6.80. The Morgan fingerprint density at radius 3 is 2.76 bits per heavy atom. The smallest absolute Gasteiger partial charge is 0.319 e. The number of nitrogens with zero attached hydrogens (tertiary/aromatic N) is 5. The maximum absolute atomic E-state index is 16.4. The van der Waals surface area contributed by atoms with E-state index < -0.39 is 5.82 Å². The highest BCUT2D eigenvalue weighted by Gasteiger charge is 2.34. The van der Waals surface area contributed by atoms with Gasteiger partial charge < -0.3 is 19.9 Å². The molecule has 0 radical (unpaired) electrons. The van der Waals surface area contributed by atoms with Gasteiger partial charge in [0.15, 0.2) is 5.82 Å². The third-order valence-corrected chi connectivity index (χ3v) is 8.49. The molecule has 3 aliphatic heterocycles. The van der Waals surface area contributed by atoms with Crippen LogP contribution >= 0.6 is 11.6 Å². The number of likely N-dealkylation sites (N-methyl/N-ethyl adjacent to an activating group) is 1. The standard InChI is InChI=1S/C27H29ClFN7O/c1-35-9-3-4-17(35)14-37-27-32-25-19(26(33-27)36-12-15-7-8-16(13-36)31-15)10-21(28)23(24(25)29)18-5-2-6-22-20(18)11-30-34-22/h2,5-6,10-11,15-17,31H,3-4,7-9,12-14H2,1H3,(H,30,34)/t15?,16?,17-/m0/s1. The molecule has 3 aliphatic rings. The normalized spacial score (nSPS) is 24.0. The van der Waals surface area contributed by atoms with Gasteiger partial charge in [-0.3, -0.25) is 5.10 Å². The van der Waals surface area contributed by atoms with Crippen molar-refractivity contribution in [2.24, 2.45) is 0 Å². The SMILES string of the molecule is CN1CCC[C@H]1COc1nc(N2CC3CCC(C2)N3)c2cc(Cl)c(-c3cccc4[nH]ncc34)c(F)c2n1. The molecule has 5 heterocycles. The van der Waals surface area contributed by atoms with E-state index in [1.807, 2.05) is 24.3 Å². The third kappa shape index (κ3) is 4.00. The fourth-order valence-electron chi connectivity index (χ4n) is 6.23. The van der Waals surface area contributed by atoms with Gasteiger partial charge in [0.1, 0.15) is 17.9 Å². The van der Waals surface area contributed by atoms with E-state index in [1.165, 1.54) is 0 Å². The summed E-state index contributed by atoms with van der Waals surface area (Å²) < 4.78 is 22.6. The van der Waals surface area contributed by atoms with Crippen LogP contribution in [-0.4, -0.2) is 76.5 Å². The predicted molar refractivity (Wildman–Crippen MR) is 143 cm³/mol. The van der Waals surface area contributed by atoms with E-state index in [1.54, 1.807) is 6.20 Å². The molecule has 0 saturated carbocycles. The van der Waals surface area contributed by atoms with Crippen LogP contribution in [0, 0.1) is 5.82 Å². The van der Waals surface area contributed by atoms with Gasteiger partial charge in [-0.25, -0.2) is 4.39 Å². The molecular weight excluding hydrogens is 493 g/mol. The molecule has 3 atom stereocenters. The zero-order valence-electron chi connectivity index (χ0n) is 20.7. The molecule has 0 spiro atoms. The maximum atomic E-state index is 16.4. The van der Waals surface area contributed by atoms with Gasteiger partial charge in [0.25, 0.3) is 0 Å². The Labute approximate surface area is 219 Å². The minimum Gasteiger partial charge on any atom is -0.462 e. The fraction of sp³-hybridized carbons (Fsp3) is 0.444. The number of benzene rings is 2. The Morgan fingerprint density at radius 1 is 1.14 bits per heavy atom. The lowest BCUT2D eigenvalue weighted by atomic mass is 9.99. The van der Waals surface area contributed by atoms with Crippen LogP contribution in [0.25, 0.3) is 32.9 Å². The maximum Gasteiger partial charge on any atom is 0.319 e. The Kier molecular flexibility index (Phi) is 5.67. The van der Waals surface area contributed by atoms with Crippen LogP contribution in [0.5, 0.6) is 6.01 Å². The molecule has 4 aromatic rings. The van der Waals surface area contributed by atoms with Gasteiger partial charge in [0.2, 0.25) is 0 Å². The fourth-order valence-corrected chi connectivity index (χ4v) is 6.52. The molecule has 37 heavy (non-hydrogen) atoms. The molecule has 2 aromatic carbocycles. The Balaban J connectivity index is 1.37. The Morgan fingerprint density at radius 2 is 1.97 bits per heavy atom. The Bertz CT molecular complexity index is 1480. The number of likely N-dealkylation sites (tertiary alicyclic amines) is 1. The van der Waals surface area contributed by atoms with Gasteiger partial charge in [-0.15, -0.1) is 0 Å². The number of rotatable bonds is 5. The van der Waals surface area contributed by atoms with E-state index >= 15 is 4.39 Å². The summed E-state index contributed by atoms with van der Waals surface area (Å²) in [4.78, 5) is 14.0. The topological polar surface area (TPSA) is 82.2 Å². The average Bonchev–Trinajstić information content (AvgIpc) is 3.62. The number of hydrogen-bond acceptors (Lipinski definition) is 7. The number of piperazine rings is 1. The van der Waals surface area contributed by atoms with Crippen LogP contribution in [-0.2, 0) is 0 Å². The minimum absolute atomic E-state index is 0.211. The molecule has 7 rings (SSSR count). The highest BCUT2D eigenvalue weighted by Crippen LogP contribution is 2.41. The lowest BCUT2D eigenvalue weighted by Gasteiger charge is -2.34. The number of halogens is 2. The summed E-state index contributed by atoms with van der Waals surface area (Å²) in [5.41, 5.74) is 2.03. The summed E-state index contributed by atoms with van der Waals surface area (Å²) in [6.07, 6.45) is 6.18. The van der Waals surface area contributed by atoms with Crippen molar-refractivity contribution in [3.8, 4) is 17.1 Å². The number of hydrogen-bond donors (Lipinski definition) is 2. The summed E-state index contributed by atoms with van der Waals surface area (Å²) in [7, 11) is 2.11. The molecule has 10 heteroatoms. The van der Waals surface area contributed by atoms with Crippen molar-refractivity contribution in [3.05, 3.63) is 41.3 Å². The number of nitrogens with one attached hydrogen (secondary N) is 2. The number of fused-ring (bicyclic) bond motifs is 4. The third-order valence-electron chi connectivity index (χ3n) is 8.19. The van der Waals surface area contributed by atoms with E-state index in [9.17, 15) is 0 Å². The van der Waals surface area contributed by atoms with Gasteiger partial charge >= 0.3 is 6.01 Å². The summed E-state index contributed by atoms with van der Waals surface area (Å²) in [6, 6.07) is 8.76. The van der Waals surface area contributed by atoms with E-state index in [0.717, 1.165) is 56.2 Å². The summed E-state index contributed by atoms with van der Waals surface area (Å²) in [5, 5.41) is 12.5. The number of ether oxygens (including phenoxy) is 1. The second-order valence-corrected chi connectivity index (χ2v) is 10.9. The van der Waals surface area contributed by atoms with Crippen molar-refractivity contribution in [1.82, 2.24) is 30.4 Å². The first-order valence-electron chi connectivity index (χ1n) is 13.0. The second kappa shape index (κ2) is 9.08. The zero-order valence-corrected chi connectivity index (χ0v) is 21.4. The van der Waals surface area contributed by atoms with E-state index in [0.29, 0.717) is 52.1 Å². The number of H-pyrrole nitrogens is 1. The molecule has 3 fully saturated rings. The lowest BCUT2D eigenvalue weighted by Crippen LogP contribution is -2.51. The number of aromatic amines is 1. The molecule has 0 amide bonds. The van der Waals surface area contributed by atoms with E-state index in [-0.39, 0.29) is 11.5 Å². The van der Waals surface area contributed by atoms with E-state index in [2.05, 4.69) is 37.3 Å². The van der Waals surface area contributed by atoms with Crippen LogP contribution in [0.2, 0.25) is 5.02 Å². The lowest BCUT2D eigenvalue weighted by molar-refractivity contribution is 0.188. The van der Waals surface area contributed by atoms with Gasteiger partial charge in [0, 0.05) is 47.6 Å². The van der Waals surface area contributed by atoms with Crippen LogP contribution < -0.4 is 15.0 Å². The highest BCUT2D eigenvalue weighted by molar-refractivity contribution is 6.35. The van der Waals surface area contributed by atoms with Crippen LogP contribution in [0.15, 0.2) is 30.5 Å². The van der Waals surface area contributed by atoms with Crippen LogP contribution in [0.1, 0.15) is 25.7 Å². The predicted octanol–water partition coefficient (Wildman–Crippen LogP) is 4.38. The first-order valence-corrected chi connectivity index (χ1v) is 13.4. The molecule has 8 nitrogen and oxygen atoms in total. The van der Waals surface area contributed by atoms with Crippen molar-refractivity contribution in [2.45, 2.75) is 43.8 Å². The molecule has 2 bridgehead atoms. The summed E-state index contributed by atoms with van der Waals surface area (Å²) in [6.45, 7) is 3.15. The van der Waals surface area contributed by atoms with Crippen LogP contribution in [0.3, 0.4) is 0 Å². The van der Waals surface area contributed by atoms with Gasteiger partial charge in [-0.05, 0) is 57.0 Å². The van der Waals surface area contributed by atoms with Gasteiger partial charge in [-0.1, -0.05) is 23.7 Å². The van der Waals surface area contributed by atoms with Gasteiger partial charge in [-0.2, -0.15) is 15.1 Å². The van der Waals surface area contributed by atoms with Crippen molar-refractivity contribution in [2.75, 3.05) is 38.2 Å². The molecule has 2 N–H and O–H groups in total. The van der Waals surface area contributed by atoms with Crippen LogP contribution in [0.4, 0.5) is 10.2 Å². The zero-order chi connectivity index (χ0) is 25.1. The van der Waals surface area contributed by atoms with Gasteiger partial charge in [0.05, 0.1) is 16.7 Å². The molecule has 2 unspecified atom stereocenters.